The fourth-order valence-corrected chi connectivity index (χ4v) is 4.28. The van der Waals surface area contributed by atoms with Gasteiger partial charge in [-0.1, -0.05) is 13.8 Å². The summed E-state index contributed by atoms with van der Waals surface area (Å²) in [6, 6.07) is 1.69. The Labute approximate surface area is 113 Å². The zero-order chi connectivity index (χ0) is 13.2. The standard InChI is InChI=1S/C12H20N2O2S2/c1-3-13-8-10-11(4-7-17-10)18(15,16)14-9-12(2)5-6-12/h4,7,13-14H,3,5-6,8-9H2,1-2H3. The first-order valence-electron chi connectivity index (χ1n) is 6.24. The Morgan fingerprint density at radius 3 is 2.78 bits per heavy atom. The molecule has 1 aromatic rings. The van der Waals surface area contributed by atoms with E-state index in [2.05, 4.69) is 17.0 Å². The maximum absolute atomic E-state index is 12.2. The molecule has 0 bridgehead atoms. The lowest BCUT2D eigenvalue weighted by Gasteiger charge is -2.11. The Morgan fingerprint density at radius 2 is 2.17 bits per heavy atom. The van der Waals surface area contributed by atoms with Crippen LogP contribution in [0.25, 0.3) is 0 Å². The van der Waals surface area contributed by atoms with Crippen LogP contribution in [-0.4, -0.2) is 21.5 Å². The summed E-state index contributed by atoms with van der Waals surface area (Å²) in [5.41, 5.74) is 0.185. The van der Waals surface area contributed by atoms with E-state index in [0.29, 0.717) is 18.0 Å². The molecule has 1 saturated carbocycles. The van der Waals surface area contributed by atoms with E-state index in [1.165, 1.54) is 11.3 Å². The highest BCUT2D eigenvalue weighted by Gasteiger charge is 2.38. The van der Waals surface area contributed by atoms with Crippen LogP contribution < -0.4 is 10.0 Å². The minimum absolute atomic E-state index is 0.185. The van der Waals surface area contributed by atoms with Crippen molar-refractivity contribution in [2.75, 3.05) is 13.1 Å². The maximum atomic E-state index is 12.2. The smallest absolute Gasteiger partial charge is 0.241 e. The van der Waals surface area contributed by atoms with E-state index in [1.54, 1.807) is 6.07 Å². The van der Waals surface area contributed by atoms with E-state index >= 15 is 0 Å². The average Bonchev–Trinajstić information content (AvgIpc) is 2.89. The molecule has 0 atom stereocenters. The number of thiophene rings is 1. The first kappa shape index (κ1) is 14.0. The quantitative estimate of drug-likeness (QED) is 0.806. The molecular formula is C12H20N2O2S2. The summed E-state index contributed by atoms with van der Waals surface area (Å²) < 4.78 is 27.2. The van der Waals surface area contributed by atoms with Gasteiger partial charge in [0.2, 0.25) is 10.0 Å². The molecule has 0 unspecified atom stereocenters. The third-order valence-electron chi connectivity index (χ3n) is 3.32. The van der Waals surface area contributed by atoms with Gasteiger partial charge >= 0.3 is 0 Å². The zero-order valence-corrected chi connectivity index (χ0v) is 12.5. The van der Waals surface area contributed by atoms with E-state index in [-0.39, 0.29) is 5.41 Å². The number of rotatable bonds is 7. The summed E-state index contributed by atoms with van der Waals surface area (Å²) in [5.74, 6) is 0. The largest absolute Gasteiger partial charge is 0.312 e. The van der Waals surface area contributed by atoms with E-state index in [4.69, 9.17) is 0 Å². The fraction of sp³-hybridized carbons (Fsp3) is 0.667. The van der Waals surface area contributed by atoms with Gasteiger partial charge in [-0.15, -0.1) is 11.3 Å². The van der Waals surface area contributed by atoms with Gasteiger partial charge in [-0.25, -0.2) is 13.1 Å². The summed E-state index contributed by atoms with van der Waals surface area (Å²) in [6.45, 7) is 6.12. The van der Waals surface area contributed by atoms with Crippen molar-refractivity contribution in [1.29, 1.82) is 0 Å². The van der Waals surface area contributed by atoms with Gasteiger partial charge in [-0.3, -0.25) is 0 Å². The molecule has 0 aromatic carbocycles. The number of nitrogens with one attached hydrogen (secondary N) is 2. The normalized spacial score (nSPS) is 17.9. The van der Waals surface area contributed by atoms with Crippen LogP contribution in [0, 0.1) is 5.41 Å². The van der Waals surface area contributed by atoms with Gasteiger partial charge in [0, 0.05) is 18.0 Å². The Balaban J connectivity index is 2.06. The lowest BCUT2D eigenvalue weighted by Crippen LogP contribution is -2.29. The Kier molecular flexibility index (Phi) is 4.11. The molecule has 6 heteroatoms. The third-order valence-corrected chi connectivity index (χ3v) is 5.86. The fourth-order valence-electron chi connectivity index (χ4n) is 1.67. The number of hydrogen-bond donors (Lipinski definition) is 2. The van der Waals surface area contributed by atoms with Crippen molar-refractivity contribution in [2.45, 2.75) is 38.1 Å². The van der Waals surface area contributed by atoms with E-state index in [1.807, 2.05) is 12.3 Å². The average molecular weight is 288 g/mol. The molecule has 0 aliphatic heterocycles. The summed E-state index contributed by atoms with van der Waals surface area (Å²) >= 11 is 1.48. The van der Waals surface area contributed by atoms with E-state index in [9.17, 15) is 8.42 Å². The van der Waals surface area contributed by atoms with Gasteiger partial charge in [-0.05, 0) is 36.2 Å². The minimum Gasteiger partial charge on any atom is -0.312 e. The first-order chi connectivity index (χ1) is 8.47. The summed E-state index contributed by atoms with van der Waals surface area (Å²) in [7, 11) is -3.35. The topological polar surface area (TPSA) is 58.2 Å². The molecule has 0 radical (unpaired) electrons. The highest BCUT2D eigenvalue weighted by atomic mass is 32.2. The minimum atomic E-state index is -3.35. The highest BCUT2D eigenvalue weighted by molar-refractivity contribution is 7.89. The van der Waals surface area contributed by atoms with Crippen LogP contribution in [0.15, 0.2) is 16.3 Å². The lowest BCUT2D eigenvalue weighted by atomic mass is 10.2. The lowest BCUT2D eigenvalue weighted by molar-refractivity contribution is 0.530. The predicted octanol–water partition coefficient (Wildman–Crippen LogP) is 1.94. The molecule has 1 fully saturated rings. The number of sulfonamides is 1. The van der Waals surface area contributed by atoms with Gasteiger partial charge in [0.15, 0.2) is 0 Å². The van der Waals surface area contributed by atoms with Gasteiger partial charge in [0.05, 0.1) is 4.90 Å². The third kappa shape index (κ3) is 3.32. The van der Waals surface area contributed by atoms with Crippen molar-refractivity contribution in [1.82, 2.24) is 10.0 Å². The number of hydrogen-bond acceptors (Lipinski definition) is 4. The Hall–Kier alpha value is -0.430. The highest BCUT2D eigenvalue weighted by Crippen LogP contribution is 2.44. The van der Waals surface area contributed by atoms with Crippen LogP contribution in [0.5, 0.6) is 0 Å². The van der Waals surface area contributed by atoms with Crippen LogP contribution in [0.3, 0.4) is 0 Å². The molecular weight excluding hydrogens is 268 g/mol. The molecule has 4 nitrogen and oxygen atoms in total. The van der Waals surface area contributed by atoms with Crippen LogP contribution in [-0.2, 0) is 16.6 Å². The van der Waals surface area contributed by atoms with Crippen LogP contribution in [0.1, 0.15) is 31.6 Å². The second-order valence-electron chi connectivity index (χ2n) is 5.12. The van der Waals surface area contributed by atoms with Gasteiger partial charge < -0.3 is 5.32 Å². The van der Waals surface area contributed by atoms with Crippen LogP contribution in [0.4, 0.5) is 0 Å². The molecule has 1 aromatic heterocycles. The molecule has 1 heterocycles. The first-order valence-corrected chi connectivity index (χ1v) is 8.60. The van der Waals surface area contributed by atoms with E-state index in [0.717, 1.165) is 24.3 Å². The molecule has 102 valence electrons. The molecule has 0 saturated heterocycles. The molecule has 1 aliphatic rings. The predicted molar refractivity (Wildman–Crippen MR) is 74.2 cm³/mol. The molecule has 18 heavy (non-hydrogen) atoms. The van der Waals surface area contributed by atoms with E-state index < -0.39 is 10.0 Å². The second kappa shape index (κ2) is 5.28. The Morgan fingerprint density at radius 1 is 1.44 bits per heavy atom. The Bertz CT molecular complexity index is 504. The molecule has 2 N–H and O–H groups in total. The molecule has 1 aliphatic carbocycles. The van der Waals surface area contributed by atoms with Gasteiger partial charge in [0.25, 0.3) is 0 Å². The van der Waals surface area contributed by atoms with Crippen LogP contribution >= 0.6 is 11.3 Å². The van der Waals surface area contributed by atoms with Crippen molar-refractivity contribution in [3.63, 3.8) is 0 Å². The van der Waals surface area contributed by atoms with Crippen molar-refractivity contribution >= 4 is 21.4 Å². The van der Waals surface area contributed by atoms with Gasteiger partial charge in [-0.2, -0.15) is 0 Å². The maximum Gasteiger partial charge on any atom is 0.241 e. The molecule has 0 spiro atoms. The summed E-state index contributed by atoms with van der Waals surface area (Å²) in [4.78, 5) is 1.31. The van der Waals surface area contributed by atoms with Crippen molar-refractivity contribution < 1.29 is 8.42 Å². The summed E-state index contributed by atoms with van der Waals surface area (Å²) in [6.07, 6.45) is 2.23. The SMILES string of the molecule is CCNCc1sccc1S(=O)(=O)NCC1(C)CC1. The molecule has 2 rings (SSSR count). The molecule has 0 amide bonds. The van der Waals surface area contributed by atoms with Crippen LogP contribution in [0.2, 0.25) is 0 Å². The van der Waals surface area contributed by atoms with Crippen molar-refractivity contribution in [3.8, 4) is 0 Å². The van der Waals surface area contributed by atoms with Gasteiger partial charge in [0.1, 0.15) is 0 Å². The second-order valence-corrected chi connectivity index (χ2v) is 7.86. The zero-order valence-electron chi connectivity index (χ0n) is 10.8. The van der Waals surface area contributed by atoms with Crippen molar-refractivity contribution in [2.24, 2.45) is 5.41 Å². The monoisotopic (exact) mass is 288 g/mol. The summed E-state index contributed by atoms with van der Waals surface area (Å²) in [5, 5.41) is 5.00. The van der Waals surface area contributed by atoms with Crippen molar-refractivity contribution in [3.05, 3.63) is 16.3 Å².